The fraction of sp³-hybridized carbons (Fsp3) is 0.846. The van der Waals surface area contributed by atoms with Crippen molar-refractivity contribution in [2.24, 2.45) is 5.92 Å². The van der Waals surface area contributed by atoms with Crippen LogP contribution in [-0.2, 0) is 0 Å². The summed E-state index contributed by atoms with van der Waals surface area (Å²) in [6.45, 7) is 3.62. The topological polar surface area (TPSA) is 20.2 Å². The molecule has 0 rings (SSSR count). The molecule has 0 aromatic rings. The Balaban J connectivity index is 4.65. The van der Waals surface area contributed by atoms with E-state index < -0.39 is 24.4 Å². The minimum Gasteiger partial charge on any atom is -0.374 e. The molecule has 7 heteroatoms. The summed E-state index contributed by atoms with van der Waals surface area (Å²) < 4.78 is 74.6. The van der Waals surface area contributed by atoms with Crippen LogP contribution in [0.15, 0.2) is 12.2 Å². The van der Waals surface area contributed by atoms with E-state index in [-0.39, 0.29) is 18.8 Å². The third kappa shape index (κ3) is 5.00. The van der Waals surface area contributed by atoms with Crippen molar-refractivity contribution < 1.29 is 31.4 Å². The summed E-state index contributed by atoms with van der Waals surface area (Å²) in [5.74, 6) is 0.0249. The lowest BCUT2D eigenvalue weighted by atomic mass is 9.89. The Bertz CT molecular complexity index is 291. The number of halogens is 6. The lowest BCUT2D eigenvalue weighted by molar-refractivity contribution is -0.370. The summed E-state index contributed by atoms with van der Waals surface area (Å²) >= 11 is 0. The van der Waals surface area contributed by atoms with Crippen LogP contribution in [0.3, 0.4) is 0 Å². The predicted octanol–water partition coefficient (Wildman–Crippen LogP) is 5.00. The van der Waals surface area contributed by atoms with E-state index >= 15 is 0 Å². The Morgan fingerprint density at radius 2 is 1.55 bits per heavy atom. The monoisotopic (exact) mass is 306 g/mol. The molecule has 0 amide bonds. The Hall–Kier alpha value is -0.720. The summed E-state index contributed by atoms with van der Waals surface area (Å²) in [5.41, 5.74) is -4.61. The third-order valence-electron chi connectivity index (χ3n) is 3.37. The maximum atomic E-state index is 12.4. The molecule has 0 aliphatic rings. The predicted molar refractivity (Wildman–Crippen MR) is 64.1 cm³/mol. The second kappa shape index (κ2) is 7.33. The molecule has 0 saturated carbocycles. The zero-order valence-corrected chi connectivity index (χ0v) is 11.5. The van der Waals surface area contributed by atoms with Gasteiger partial charge in [-0.3, -0.25) is 0 Å². The number of rotatable bonds is 7. The SMILES string of the molecule is C/C=C\CC(CC)CCCC(O)(C(F)(F)F)C(F)(F)F. The molecule has 0 aliphatic carbocycles. The first-order valence-corrected chi connectivity index (χ1v) is 6.46. The quantitative estimate of drug-likeness (QED) is 0.518. The minimum atomic E-state index is -5.71. The van der Waals surface area contributed by atoms with Crippen LogP contribution >= 0.6 is 0 Å². The lowest BCUT2D eigenvalue weighted by Crippen LogP contribution is -2.56. The molecule has 0 aromatic carbocycles. The number of alkyl halides is 6. The fourth-order valence-corrected chi connectivity index (χ4v) is 1.91. The van der Waals surface area contributed by atoms with E-state index in [1.807, 2.05) is 13.0 Å². The van der Waals surface area contributed by atoms with Gasteiger partial charge in [-0.1, -0.05) is 31.9 Å². The normalized spacial score (nSPS) is 15.8. The molecule has 1 nitrogen and oxygen atoms in total. The highest BCUT2D eigenvalue weighted by Gasteiger charge is 2.69. The van der Waals surface area contributed by atoms with Crippen LogP contribution in [0.4, 0.5) is 26.3 Å². The van der Waals surface area contributed by atoms with Crippen molar-refractivity contribution >= 4 is 0 Å². The number of hydrogen-bond donors (Lipinski definition) is 1. The van der Waals surface area contributed by atoms with Crippen LogP contribution in [0.5, 0.6) is 0 Å². The average Bonchev–Trinajstić information content (AvgIpc) is 2.30. The molecule has 0 saturated heterocycles. The molecule has 120 valence electrons. The van der Waals surface area contributed by atoms with Crippen LogP contribution in [0.1, 0.15) is 46.0 Å². The van der Waals surface area contributed by atoms with E-state index in [4.69, 9.17) is 5.11 Å². The molecule has 0 bridgehead atoms. The second-order valence-corrected chi connectivity index (χ2v) is 4.83. The van der Waals surface area contributed by atoms with E-state index in [0.29, 0.717) is 12.8 Å². The Labute approximate surface area is 114 Å². The summed E-state index contributed by atoms with van der Waals surface area (Å²) in [6, 6.07) is 0. The van der Waals surface area contributed by atoms with Gasteiger partial charge in [0, 0.05) is 0 Å². The largest absolute Gasteiger partial charge is 0.426 e. The standard InChI is InChI=1S/C13H20F6O/c1-3-5-7-10(4-2)8-6-9-11(20,12(14,15)16)13(17,18)19/h3,5,10,20H,4,6-9H2,1-2H3/b5-3-. The van der Waals surface area contributed by atoms with E-state index in [1.54, 1.807) is 13.0 Å². The molecule has 0 fully saturated rings. The molecular formula is C13H20F6O. The average molecular weight is 306 g/mol. The van der Waals surface area contributed by atoms with Crippen molar-refractivity contribution in [1.29, 1.82) is 0 Å². The van der Waals surface area contributed by atoms with Gasteiger partial charge in [-0.05, 0) is 32.1 Å². The van der Waals surface area contributed by atoms with Gasteiger partial charge in [0.05, 0.1) is 0 Å². The number of hydrogen-bond acceptors (Lipinski definition) is 1. The van der Waals surface area contributed by atoms with E-state index in [1.165, 1.54) is 0 Å². The van der Waals surface area contributed by atoms with Crippen molar-refractivity contribution in [3.63, 3.8) is 0 Å². The van der Waals surface area contributed by atoms with Gasteiger partial charge in [0.2, 0.25) is 0 Å². The van der Waals surface area contributed by atoms with Gasteiger partial charge >= 0.3 is 12.4 Å². The van der Waals surface area contributed by atoms with Crippen molar-refractivity contribution in [3.8, 4) is 0 Å². The molecular weight excluding hydrogens is 286 g/mol. The molecule has 0 spiro atoms. The van der Waals surface area contributed by atoms with Crippen LogP contribution in [0.25, 0.3) is 0 Å². The molecule has 1 N–H and O–H groups in total. The first-order chi connectivity index (χ1) is 8.99. The lowest BCUT2D eigenvalue weighted by Gasteiger charge is -2.32. The number of allylic oxidation sites excluding steroid dienone is 2. The Morgan fingerprint density at radius 1 is 1.05 bits per heavy atom. The van der Waals surface area contributed by atoms with Gasteiger partial charge in [0.15, 0.2) is 0 Å². The zero-order chi connectivity index (χ0) is 16.0. The van der Waals surface area contributed by atoms with Gasteiger partial charge in [-0.2, -0.15) is 26.3 Å². The van der Waals surface area contributed by atoms with Gasteiger partial charge in [-0.15, -0.1) is 0 Å². The van der Waals surface area contributed by atoms with Crippen LogP contribution < -0.4 is 0 Å². The molecule has 0 aromatic heterocycles. The van der Waals surface area contributed by atoms with Crippen molar-refractivity contribution in [1.82, 2.24) is 0 Å². The Morgan fingerprint density at radius 3 is 1.90 bits per heavy atom. The molecule has 0 heterocycles. The van der Waals surface area contributed by atoms with Gasteiger partial charge in [0.1, 0.15) is 0 Å². The van der Waals surface area contributed by atoms with Crippen LogP contribution in [0.2, 0.25) is 0 Å². The fourth-order valence-electron chi connectivity index (χ4n) is 1.91. The van der Waals surface area contributed by atoms with Crippen molar-refractivity contribution in [2.75, 3.05) is 0 Å². The maximum Gasteiger partial charge on any atom is 0.426 e. The zero-order valence-electron chi connectivity index (χ0n) is 11.5. The van der Waals surface area contributed by atoms with E-state index in [2.05, 4.69) is 0 Å². The minimum absolute atomic E-state index is 0.0249. The summed E-state index contributed by atoms with van der Waals surface area (Å²) in [7, 11) is 0. The van der Waals surface area contributed by atoms with Gasteiger partial charge in [-0.25, -0.2) is 0 Å². The molecule has 1 atom stereocenters. The summed E-state index contributed by atoms with van der Waals surface area (Å²) in [6.07, 6.45) is -8.00. The highest BCUT2D eigenvalue weighted by Crippen LogP contribution is 2.46. The first kappa shape index (κ1) is 19.3. The number of aliphatic hydroxyl groups is 1. The van der Waals surface area contributed by atoms with Crippen molar-refractivity contribution in [3.05, 3.63) is 12.2 Å². The van der Waals surface area contributed by atoms with Gasteiger partial charge in [0.25, 0.3) is 5.60 Å². The summed E-state index contributed by atoms with van der Waals surface area (Å²) in [5, 5.41) is 8.98. The van der Waals surface area contributed by atoms with Crippen LogP contribution in [-0.4, -0.2) is 23.1 Å². The van der Waals surface area contributed by atoms with Crippen molar-refractivity contribution in [2.45, 2.75) is 63.9 Å². The molecule has 1 unspecified atom stereocenters. The van der Waals surface area contributed by atoms with Gasteiger partial charge < -0.3 is 5.11 Å². The molecule has 20 heavy (non-hydrogen) atoms. The van der Waals surface area contributed by atoms with Crippen LogP contribution in [0, 0.1) is 5.92 Å². The Kier molecular flexibility index (Phi) is 7.07. The summed E-state index contributed by atoms with van der Waals surface area (Å²) in [4.78, 5) is 0. The smallest absolute Gasteiger partial charge is 0.374 e. The molecule has 0 radical (unpaired) electrons. The second-order valence-electron chi connectivity index (χ2n) is 4.83. The van der Waals surface area contributed by atoms with E-state index in [0.717, 1.165) is 0 Å². The highest BCUT2D eigenvalue weighted by atomic mass is 19.4. The third-order valence-corrected chi connectivity index (χ3v) is 3.37. The molecule has 0 aliphatic heterocycles. The first-order valence-electron chi connectivity index (χ1n) is 6.46. The maximum absolute atomic E-state index is 12.4. The van der Waals surface area contributed by atoms with E-state index in [9.17, 15) is 26.3 Å². The highest BCUT2D eigenvalue weighted by molar-refractivity contribution is 4.93.